The molecule has 0 aromatic rings. The minimum Gasteiger partial charge on any atom is -0.262 e. The van der Waals surface area contributed by atoms with E-state index in [0.29, 0.717) is 0 Å². The fraction of sp³-hybridized carbons (Fsp3) is 0.750. The Bertz CT molecular complexity index is 686. The molecule has 0 aromatic carbocycles. The number of nitrogens with zero attached hydrogens (tertiary/aromatic N) is 2. The van der Waals surface area contributed by atoms with Crippen LogP contribution in [0.1, 0.15) is 0 Å². The summed E-state index contributed by atoms with van der Waals surface area (Å²) in [6, 6.07) is 0. The number of carbonyl (C=O) groups excluding carboxylic acids is 2. The Labute approximate surface area is 159 Å². The van der Waals surface area contributed by atoms with Gasteiger partial charge in [0, 0.05) is 23.7 Å². The van der Waals surface area contributed by atoms with Gasteiger partial charge in [-0.15, -0.1) is 0 Å². The molecule has 0 bridgehead atoms. The Balaban J connectivity index is 6.18. The summed E-state index contributed by atoms with van der Waals surface area (Å²) in [4.78, 5) is 23.6. The first-order valence-electron chi connectivity index (χ1n) is 5.85. The summed E-state index contributed by atoms with van der Waals surface area (Å²) in [7, 11) is -12.9. The van der Waals surface area contributed by atoms with Crippen LogP contribution in [-0.2, 0) is 29.6 Å². The van der Waals surface area contributed by atoms with Crippen LogP contribution in [0.4, 0.5) is 26.3 Å². The Kier molecular flexibility index (Phi) is 8.39. The van der Waals surface area contributed by atoms with Crippen LogP contribution >= 0.6 is 31.9 Å². The standard InChI is InChI=1S/C8H8Br2F6N2O6S2/c9-1-3-17(25(21,22)7(11,12)13)5(19)6(20)18(4-2-10)26(23,24)8(14,15)16/h1-4H2. The van der Waals surface area contributed by atoms with Gasteiger partial charge >= 0.3 is 42.9 Å². The number of hydrogen-bond acceptors (Lipinski definition) is 6. The average Bonchev–Trinajstić information content (AvgIpc) is 2.46. The van der Waals surface area contributed by atoms with Gasteiger partial charge in [-0.05, 0) is 0 Å². The molecule has 0 saturated heterocycles. The van der Waals surface area contributed by atoms with E-state index in [1.54, 1.807) is 0 Å². The number of hydrogen-bond donors (Lipinski definition) is 0. The molecule has 0 fully saturated rings. The number of alkyl halides is 8. The second-order valence-electron chi connectivity index (χ2n) is 4.03. The van der Waals surface area contributed by atoms with Crippen molar-refractivity contribution < 1.29 is 52.8 Å². The SMILES string of the molecule is O=C(C(=O)N(CCBr)S(=O)(=O)C(F)(F)F)N(CCBr)S(=O)(=O)C(F)(F)F. The van der Waals surface area contributed by atoms with Gasteiger partial charge in [0.2, 0.25) is 0 Å². The van der Waals surface area contributed by atoms with Crippen molar-refractivity contribution in [2.45, 2.75) is 11.0 Å². The highest BCUT2D eigenvalue weighted by Crippen LogP contribution is 2.29. The summed E-state index contributed by atoms with van der Waals surface area (Å²) in [6.07, 6.45) is 0. The second kappa shape index (κ2) is 8.59. The molecule has 0 unspecified atom stereocenters. The van der Waals surface area contributed by atoms with E-state index >= 15 is 0 Å². The first-order valence-corrected chi connectivity index (χ1v) is 11.0. The quantitative estimate of drug-likeness (QED) is 0.271. The molecule has 0 aromatic heterocycles. The van der Waals surface area contributed by atoms with E-state index in [9.17, 15) is 52.8 Å². The number of sulfonamides is 2. The fourth-order valence-corrected chi connectivity index (χ4v) is 4.21. The number of amides is 2. The van der Waals surface area contributed by atoms with Gasteiger partial charge in [-0.2, -0.15) is 43.2 Å². The van der Waals surface area contributed by atoms with Gasteiger partial charge < -0.3 is 0 Å². The average molecular weight is 566 g/mol. The summed E-state index contributed by atoms with van der Waals surface area (Å²) in [6.45, 7) is -2.58. The van der Waals surface area contributed by atoms with Crippen molar-refractivity contribution in [1.82, 2.24) is 8.61 Å². The molecular weight excluding hydrogens is 558 g/mol. The molecule has 2 amide bonds. The molecule has 0 radical (unpaired) electrons. The largest absolute Gasteiger partial charge is 0.516 e. The van der Waals surface area contributed by atoms with Crippen LogP contribution < -0.4 is 0 Å². The molecule has 0 heterocycles. The van der Waals surface area contributed by atoms with Gasteiger partial charge in [-0.25, -0.2) is 8.61 Å². The third-order valence-electron chi connectivity index (χ3n) is 2.38. The summed E-state index contributed by atoms with van der Waals surface area (Å²) in [5, 5.41) is -1.24. The van der Waals surface area contributed by atoms with Crippen LogP contribution in [0.25, 0.3) is 0 Å². The maximum Gasteiger partial charge on any atom is 0.516 e. The topological polar surface area (TPSA) is 109 Å². The van der Waals surface area contributed by atoms with Crippen LogP contribution in [0.2, 0.25) is 0 Å². The number of rotatable bonds is 6. The van der Waals surface area contributed by atoms with Crippen molar-refractivity contribution in [1.29, 1.82) is 0 Å². The van der Waals surface area contributed by atoms with E-state index in [4.69, 9.17) is 0 Å². The van der Waals surface area contributed by atoms with Gasteiger partial charge in [-0.3, -0.25) is 9.59 Å². The van der Waals surface area contributed by atoms with E-state index in [1.165, 1.54) is 0 Å². The van der Waals surface area contributed by atoms with Crippen molar-refractivity contribution in [3.63, 3.8) is 0 Å². The maximum absolute atomic E-state index is 12.6. The van der Waals surface area contributed by atoms with E-state index in [1.807, 2.05) is 0 Å². The predicted octanol–water partition coefficient (Wildman–Crippen LogP) is 1.13. The highest BCUT2D eigenvalue weighted by molar-refractivity contribution is 9.09. The molecule has 154 valence electrons. The lowest BCUT2D eigenvalue weighted by Crippen LogP contribution is -2.55. The van der Waals surface area contributed by atoms with E-state index < -0.39 is 75.2 Å². The lowest BCUT2D eigenvalue weighted by molar-refractivity contribution is -0.147. The summed E-state index contributed by atoms with van der Waals surface area (Å²) >= 11 is 5.02. The molecule has 0 aliphatic rings. The van der Waals surface area contributed by atoms with Crippen LogP contribution in [0.3, 0.4) is 0 Å². The molecule has 0 saturated carbocycles. The van der Waals surface area contributed by atoms with Crippen molar-refractivity contribution >= 4 is 63.7 Å². The minimum absolute atomic E-state index is 0.619. The summed E-state index contributed by atoms with van der Waals surface area (Å²) in [5.41, 5.74) is -12.1. The third-order valence-corrected chi connectivity index (χ3v) is 6.11. The molecule has 8 nitrogen and oxygen atoms in total. The van der Waals surface area contributed by atoms with E-state index in [-0.39, 0.29) is 0 Å². The Morgan fingerprint density at radius 2 is 0.923 bits per heavy atom. The molecule has 0 aliphatic carbocycles. The first kappa shape index (κ1) is 25.4. The van der Waals surface area contributed by atoms with E-state index in [0.717, 1.165) is 0 Å². The number of carbonyl (C=O) groups is 2. The van der Waals surface area contributed by atoms with Gasteiger partial charge in [0.25, 0.3) is 0 Å². The zero-order chi connectivity index (χ0) is 21.1. The highest BCUT2D eigenvalue weighted by atomic mass is 79.9. The fourth-order valence-electron chi connectivity index (χ4n) is 1.28. The van der Waals surface area contributed by atoms with Crippen molar-refractivity contribution in [3.05, 3.63) is 0 Å². The molecule has 0 aliphatic heterocycles. The molecule has 0 spiro atoms. The molecule has 0 atom stereocenters. The van der Waals surface area contributed by atoms with E-state index in [2.05, 4.69) is 31.9 Å². The van der Waals surface area contributed by atoms with Crippen molar-refractivity contribution in [3.8, 4) is 0 Å². The zero-order valence-corrected chi connectivity index (χ0v) is 16.8. The molecule has 26 heavy (non-hydrogen) atoms. The monoisotopic (exact) mass is 564 g/mol. The highest BCUT2D eigenvalue weighted by Gasteiger charge is 2.56. The Morgan fingerprint density at radius 3 is 1.08 bits per heavy atom. The minimum atomic E-state index is -6.46. The number of halogens is 8. The lowest BCUT2D eigenvalue weighted by atomic mass is 10.5. The van der Waals surface area contributed by atoms with Gasteiger partial charge in [0.05, 0.1) is 0 Å². The lowest BCUT2D eigenvalue weighted by Gasteiger charge is -2.26. The third kappa shape index (κ3) is 5.22. The zero-order valence-electron chi connectivity index (χ0n) is 12.0. The van der Waals surface area contributed by atoms with Gasteiger partial charge in [0.1, 0.15) is 0 Å². The molecule has 0 N–H and O–H groups in total. The first-order chi connectivity index (χ1) is 11.5. The maximum atomic E-state index is 12.6. The predicted molar refractivity (Wildman–Crippen MR) is 81.0 cm³/mol. The van der Waals surface area contributed by atoms with Gasteiger partial charge in [0.15, 0.2) is 0 Å². The van der Waals surface area contributed by atoms with Gasteiger partial charge in [-0.1, -0.05) is 31.9 Å². The van der Waals surface area contributed by atoms with Crippen LogP contribution in [0.5, 0.6) is 0 Å². The Morgan fingerprint density at radius 1 is 0.692 bits per heavy atom. The smallest absolute Gasteiger partial charge is 0.262 e. The van der Waals surface area contributed by atoms with Crippen LogP contribution in [0.15, 0.2) is 0 Å². The second-order valence-corrected chi connectivity index (χ2v) is 9.33. The normalized spacial score (nSPS) is 13.4. The molecular formula is C8H8Br2F6N2O6S2. The molecule has 0 rings (SSSR count). The van der Waals surface area contributed by atoms with Crippen LogP contribution in [-0.4, -0.2) is 72.0 Å². The molecule has 18 heteroatoms. The van der Waals surface area contributed by atoms with Crippen LogP contribution in [0, 0.1) is 0 Å². The summed E-state index contributed by atoms with van der Waals surface area (Å²) in [5.74, 6) is -5.23. The van der Waals surface area contributed by atoms with Crippen molar-refractivity contribution in [2.24, 2.45) is 0 Å². The van der Waals surface area contributed by atoms with Crippen molar-refractivity contribution in [2.75, 3.05) is 23.7 Å². The summed E-state index contributed by atoms with van der Waals surface area (Å²) < 4.78 is 119. The Hall–Kier alpha value is -0.620.